The molecule has 0 unspecified atom stereocenters. The van der Waals surface area contributed by atoms with Crippen LogP contribution in [-0.2, 0) is 11.2 Å². The predicted molar refractivity (Wildman–Crippen MR) is 80.5 cm³/mol. The first-order valence-corrected chi connectivity index (χ1v) is 7.09. The van der Waals surface area contributed by atoms with E-state index in [1.807, 2.05) is 6.07 Å². The Balaban J connectivity index is 2.90. The molecule has 0 aliphatic rings. The van der Waals surface area contributed by atoms with Crippen molar-refractivity contribution >= 4 is 73.7 Å². The summed E-state index contributed by atoms with van der Waals surface area (Å²) in [7, 11) is 0. The van der Waals surface area contributed by atoms with Crippen LogP contribution in [0.3, 0.4) is 0 Å². The summed E-state index contributed by atoms with van der Waals surface area (Å²) in [4.78, 5) is 10.4. The molecule has 0 heterocycles. The maximum atomic E-state index is 10.4. The minimum Gasteiger partial charge on any atom is -0.481 e. The highest BCUT2D eigenvalue weighted by molar-refractivity contribution is 14.1. The predicted octanol–water partition coefficient (Wildman–Crippen LogP) is 3.52. The van der Waals surface area contributed by atoms with E-state index >= 15 is 0 Å². The van der Waals surface area contributed by atoms with E-state index in [4.69, 9.17) is 5.11 Å². The van der Waals surface area contributed by atoms with Gasteiger partial charge in [0.05, 0.1) is 0 Å². The molecule has 0 bridgehead atoms. The maximum Gasteiger partial charge on any atom is 0.303 e. The molecule has 2 nitrogen and oxygen atoms in total. The van der Waals surface area contributed by atoms with E-state index < -0.39 is 5.97 Å². The third-order valence-corrected chi connectivity index (χ3v) is 5.46. The van der Waals surface area contributed by atoms with Gasteiger partial charge in [0.25, 0.3) is 0 Å². The van der Waals surface area contributed by atoms with E-state index in [2.05, 4.69) is 73.8 Å². The molecule has 76 valence electrons. The largest absolute Gasteiger partial charge is 0.481 e. The van der Waals surface area contributed by atoms with Crippen molar-refractivity contribution in [2.24, 2.45) is 0 Å². The summed E-state index contributed by atoms with van der Waals surface area (Å²) < 4.78 is 3.52. The third-order valence-electron chi connectivity index (χ3n) is 1.68. The molecule has 0 aliphatic carbocycles. The van der Waals surface area contributed by atoms with Crippen molar-refractivity contribution in [1.29, 1.82) is 0 Å². The van der Waals surface area contributed by atoms with Crippen LogP contribution in [-0.4, -0.2) is 11.1 Å². The Kier molecular flexibility index (Phi) is 5.39. The van der Waals surface area contributed by atoms with E-state index in [9.17, 15) is 4.79 Å². The number of carboxylic acids is 1. The summed E-state index contributed by atoms with van der Waals surface area (Å²) in [5.74, 6) is -0.741. The van der Waals surface area contributed by atoms with Gasteiger partial charge < -0.3 is 5.11 Å². The van der Waals surface area contributed by atoms with Crippen LogP contribution in [0.1, 0.15) is 12.0 Å². The Hall–Kier alpha value is 0.880. The van der Waals surface area contributed by atoms with Gasteiger partial charge in [-0.25, -0.2) is 0 Å². The molecule has 0 aromatic heterocycles. The number of carbonyl (C=O) groups is 1. The van der Waals surface area contributed by atoms with Crippen molar-refractivity contribution in [3.63, 3.8) is 0 Å². The van der Waals surface area contributed by atoms with Crippen LogP contribution in [0, 0.1) is 10.7 Å². The van der Waals surface area contributed by atoms with Gasteiger partial charge in [-0.1, -0.05) is 0 Å². The highest BCUT2D eigenvalue weighted by Gasteiger charge is 2.07. The van der Waals surface area contributed by atoms with Gasteiger partial charge in [0, 0.05) is 17.1 Å². The lowest BCUT2D eigenvalue weighted by atomic mass is 10.1. The zero-order valence-corrected chi connectivity index (χ0v) is 13.5. The minimum absolute atomic E-state index is 0.201. The number of rotatable bonds is 3. The number of aliphatic carboxylic acids is 1. The van der Waals surface area contributed by atoms with Crippen LogP contribution in [0.5, 0.6) is 0 Å². The molecule has 0 saturated heterocycles. The zero-order chi connectivity index (χ0) is 10.7. The molecule has 0 saturated carbocycles. The first kappa shape index (κ1) is 12.9. The number of aryl methyl sites for hydroxylation is 1. The SMILES string of the molecule is O=C(O)CCc1cc(I)cc(I)c1I. The van der Waals surface area contributed by atoms with Crippen molar-refractivity contribution in [3.8, 4) is 0 Å². The van der Waals surface area contributed by atoms with Crippen LogP contribution < -0.4 is 0 Å². The van der Waals surface area contributed by atoms with Crippen LogP contribution in [0.25, 0.3) is 0 Å². The van der Waals surface area contributed by atoms with Crippen LogP contribution in [0.15, 0.2) is 12.1 Å². The Labute approximate surface area is 123 Å². The van der Waals surface area contributed by atoms with Crippen molar-refractivity contribution in [1.82, 2.24) is 0 Å². The quantitative estimate of drug-likeness (QED) is 0.483. The Morgan fingerprint density at radius 1 is 1.29 bits per heavy atom. The van der Waals surface area contributed by atoms with Gasteiger partial charge >= 0.3 is 5.97 Å². The molecule has 1 aromatic carbocycles. The lowest BCUT2D eigenvalue weighted by molar-refractivity contribution is -0.136. The molecule has 0 amide bonds. The Morgan fingerprint density at radius 2 is 1.93 bits per heavy atom. The van der Waals surface area contributed by atoms with E-state index in [0.29, 0.717) is 6.42 Å². The first-order valence-electron chi connectivity index (χ1n) is 3.86. The molecule has 5 heteroatoms. The molecule has 0 atom stereocenters. The van der Waals surface area contributed by atoms with Gasteiger partial charge in [-0.2, -0.15) is 0 Å². The number of benzene rings is 1. The molecule has 0 aliphatic heterocycles. The topological polar surface area (TPSA) is 37.3 Å². The zero-order valence-electron chi connectivity index (χ0n) is 7.06. The van der Waals surface area contributed by atoms with Crippen molar-refractivity contribution in [2.75, 3.05) is 0 Å². The number of hydrogen-bond donors (Lipinski definition) is 1. The third kappa shape index (κ3) is 3.80. The van der Waals surface area contributed by atoms with E-state index in [1.165, 1.54) is 7.14 Å². The van der Waals surface area contributed by atoms with Crippen LogP contribution in [0.4, 0.5) is 0 Å². The molecule has 0 spiro atoms. The van der Waals surface area contributed by atoms with E-state index in [0.717, 1.165) is 9.13 Å². The van der Waals surface area contributed by atoms with Crippen molar-refractivity contribution in [3.05, 3.63) is 28.4 Å². The number of carboxylic acid groups (broad SMARTS) is 1. The summed E-state index contributed by atoms with van der Waals surface area (Å²) in [6.45, 7) is 0. The van der Waals surface area contributed by atoms with Crippen molar-refractivity contribution in [2.45, 2.75) is 12.8 Å². The molecule has 14 heavy (non-hydrogen) atoms. The smallest absolute Gasteiger partial charge is 0.303 e. The van der Waals surface area contributed by atoms with Crippen molar-refractivity contribution < 1.29 is 9.90 Å². The second-order valence-corrected chi connectivity index (χ2v) is 6.24. The van der Waals surface area contributed by atoms with E-state index in [1.54, 1.807) is 0 Å². The highest BCUT2D eigenvalue weighted by Crippen LogP contribution is 2.23. The van der Waals surface area contributed by atoms with Gasteiger partial charge in [-0.3, -0.25) is 4.79 Å². The van der Waals surface area contributed by atoms with Gasteiger partial charge in [0.15, 0.2) is 0 Å². The summed E-state index contributed by atoms with van der Waals surface area (Å²) in [6, 6.07) is 4.14. The van der Waals surface area contributed by atoms with Gasteiger partial charge in [-0.15, -0.1) is 0 Å². The summed E-state index contributed by atoms with van der Waals surface area (Å²) >= 11 is 6.79. The fourth-order valence-electron chi connectivity index (χ4n) is 1.03. The van der Waals surface area contributed by atoms with Gasteiger partial charge in [-0.05, 0) is 91.9 Å². The molecule has 0 fully saturated rings. The normalized spacial score (nSPS) is 10.2. The Morgan fingerprint density at radius 3 is 2.50 bits per heavy atom. The molecule has 0 radical (unpaired) electrons. The lowest BCUT2D eigenvalue weighted by Crippen LogP contribution is -2.00. The minimum atomic E-state index is -0.741. The Bertz CT molecular complexity index is 363. The highest BCUT2D eigenvalue weighted by atomic mass is 127. The molecular weight excluding hydrogens is 521 g/mol. The first-order chi connectivity index (χ1) is 6.50. The molecule has 1 aromatic rings. The molecule has 1 rings (SSSR count). The van der Waals surface area contributed by atoms with E-state index in [-0.39, 0.29) is 6.42 Å². The standard InChI is InChI=1S/C9H7I3O2/c10-6-3-5(1-2-8(13)14)9(12)7(11)4-6/h3-4H,1-2H2,(H,13,14). The molecule has 1 N–H and O–H groups in total. The summed E-state index contributed by atoms with van der Waals surface area (Å²) in [6.07, 6.45) is 0.812. The monoisotopic (exact) mass is 528 g/mol. The number of hydrogen-bond acceptors (Lipinski definition) is 1. The second kappa shape index (κ2) is 5.83. The lowest BCUT2D eigenvalue weighted by Gasteiger charge is -2.06. The summed E-state index contributed by atoms with van der Waals surface area (Å²) in [5, 5.41) is 8.60. The molecular formula is C9H7I3O2. The maximum absolute atomic E-state index is 10.4. The average molecular weight is 528 g/mol. The van der Waals surface area contributed by atoms with Gasteiger partial charge in [0.1, 0.15) is 0 Å². The number of halogens is 3. The van der Waals surface area contributed by atoms with Gasteiger partial charge in [0.2, 0.25) is 0 Å². The fraction of sp³-hybridized carbons (Fsp3) is 0.222. The fourth-order valence-corrected chi connectivity index (χ4v) is 3.58. The van der Waals surface area contributed by atoms with Crippen LogP contribution >= 0.6 is 67.8 Å². The average Bonchev–Trinajstić information content (AvgIpc) is 2.08. The summed E-state index contributed by atoms with van der Waals surface area (Å²) in [5.41, 5.74) is 1.13. The second-order valence-electron chi connectivity index (χ2n) is 2.75. The van der Waals surface area contributed by atoms with Crippen LogP contribution in [0.2, 0.25) is 0 Å².